The van der Waals surface area contributed by atoms with Crippen molar-refractivity contribution in [3.05, 3.63) is 83.2 Å². The summed E-state index contributed by atoms with van der Waals surface area (Å²) in [6.07, 6.45) is -11.5. The second-order valence-electron chi connectivity index (χ2n) is 7.62. The maximum atomic E-state index is 12.1. The summed E-state index contributed by atoms with van der Waals surface area (Å²) in [6, 6.07) is 19.4. The van der Waals surface area contributed by atoms with Gasteiger partial charge >= 0.3 is 12.4 Å². The van der Waals surface area contributed by atoms with Gasteiger partial charge in [0, 0.05) is 24.9 Å². The molecule has 1 unspecified atom stereocenters. The zero-order valence-electron chi connectivity index (χ0n) is 19.6. The second kappa shape index (κ2) is 16.7. The second-order valence-corrected chi connectivity index (χ2v) is 7.62. The van der Waals surface area contributed by atoms with Gasteiger partial charge in [-0.2, -0.15) is 26.3 Å². The Kier molecular flexibility index (Phi) is 15.3. The predicted molar refractivity (Wildman–Crippen MR) is 124 cm³/mol. The van der Waals surface area contributed by atoms with Crippen LogP contribution in [-0.4, -0.2) is 24.8 Å². The molecule has 0 radical (unpaired) electrons. The van der Waals surface area contributed by atoms with Crippen molar-refractivity contribution >= 4 is 6.29 Å². The minimum absolute atomic E-state index is 0.140. The van der Waals surface area contributed by atoms with E-state index in [1.165, 1.54) is 5.56 Å². The molecule has 194 valence electrons. The zero-order chi connectivity index (χ0) is 26.9. The number of halogens is 6. The van der Waals surface area contributed by atoms with Gasteiger partial charge in [0.15, 0.2) is 0 Å². The molecule has 4 nitrogen and oxygen atoms in total. The predicted octanol–water partition coefficient (Wildman–Crippen LogP) is 7.16. The molecule has 0 heterocycles. The number of carbonyl (C=O) groups excluding carboxylic acids is 1. The van der Waals surface area contributed by atoms with Gasteiger partial charge in [-0.3, -0.25) is 4.85 Å². The van der Waals surface area contributed by atoms with Crippen LogP contribution in [0, 0.1) is 6.57 Å². The molecule has 2 aromatic carbocycles. The lowest BCUT2D eigenvalue weighted by atomic mass is 10.1. The van der Waals surface area contributed by atoms with Gasteiger partial charge < -0.3 is 10.5 Å². The number of nitrogens with two attached hydrogens (primary N) is 1. The van der Waals surface area contributed by atoms with Crippen molar-refractivity contribution < 1.29 is 31.1 Å². The van der Waals surface area contributed by atoms with Crippen molar-refractivity contribution in [2.45, 2.75) is 70.1 Å². The number of hydrogen-bond acceptors (Lipinski definition) is 3. The number of nitrogens with one attached hydrogen (secondary N) is 1. The van der Waals surface area contributed by atoms with E-state index in [0.717, 1.165) is 5.56 Å². The van der Waals surface area contributed by atoms with E-state index >= 15 is 0 Å². The standard InChI is InChI=1S/C13H15F3N2.C8H11N.C4H5F3O/c1-10(11-6-4-3-5-7-11)18-12(17-2)8-9-13(14,15)16;1-7(9)8-5-3-2-4-6-8;5-4(6,7)2-1-3-8/h3-7,10,12,18H,8-9H2,1H3;2-7H,9H2,1H3;3H,1-2H2/t10-,12?;7-;/m11./s1. The van der Waals surface area contributed by atoms with E-state index in [2.05, 4.69) is 10.2 Å². The average Bonchev–Trinajstić information content (AvgIpc) is 2.81. The molecule has 0 amide bonds. The number of aldehydes is 1. The first-order valence-corrected chi connectivity index (χ1v) is 10.8. The summed E-state index contributed by atoms with van der Waals surface area (Å²) in [5.74, 6) is 0. The lowest BCUT2D eigenvalue weighted by Crippen LogP contribution is -2.30. The van der Waals surface area contributed by atoms with Crippen LogP contribution in [-0.2, 0) is 4.79 Å². The Hall–Kier alpha value is -2.90. The van der Waals surface area contributed by atoms with E-state index in [9.17, 15) is 31.1 Å². The molecule has 0 aliphatic heterocycles. The fraction of sp³-hybridized carbons (Fsp3) is 0.440. The van der Waals surface area contributed by atoms with Crippen LogP contribution in [0.25, 0.3) is 4.85 Å². The number of benzene rings is 2. The quantitative estimate of drug-likeness (QED) is 0.228. The summed E-state index contributed by atoms with van der Waals surface area (Å²) in [6.45, 7) is 10.7. The number of carbonyl (C=O) groups is 1. The van der Waals surface area contributed by atoms with Crippen molar-refractivity contribution in [2.24, 2.45) is 5.73 Å². The first-order chi connectivity index (χ1) is 16.3. The molecule has 0 aromatic heterocycles. The van der Waals surface area contributed by atoms with E-state index in [-0.39, 0.29) is 24.8 Å². The van der Waals surface area contributed by atoms with Gasteiger partial charge in [-0.1, -0.05) is 60.7 Å². The lowest BCUT2D eigenvalue weighted by Gasteiger charge is -2.16. The summed E-state index contributed by atoms with van der Waals surface area (Å²) in [5, 5.41) is 2.90. The molecular formula is C25H31F6N3O. The topological polar surface area (TPSA) is 59.5 Å². The van der Waals surface area contributed by atoms with E-state index in [0.29, 0.717) is 0 Å². The van der Waals surface area contributed by atoms with Crippen molar-refractivity contribution in [1.82, 2.24) is 5.32 Å². The molecule has 0 spiro atoms. The summed E-state index contributed by atoms with van der Waals surface area (Å²) in [7, 11) is 0. The fourth-order valence-corrected chi connectivity index (χ4v) is 2.59. The molecule has 2 aromatic rings. The van der Waals surface area contributed by atoms with Crippen molar-refractivity contribution in [3.8, 4) is 0 Å². The Labute approximate surface area is 202 Å². The highest BCUT2D eigenvalue weighted by atomic mass is 19.4. The number of nitrogens with zero attached hydrogens (tertiary/aromatic N) is 1. The van der Waals surface area contributed by atoms with Crippen LogP contribution in [0.4, 0.5) is 26.3 Å². The third kappa shape index (κ3) is 18.1. The van der Waals surface area contributed by atoms with Gasteiger partial charge in [0.05, 0.1) is 12.8 Å². The largest absolute Gasteiger partial charge is 0.389 e. The summed E-state index contributed by atoms with van der Waals surface area (Å²) in [5.41, 5.74) is 7.76. The molecule has 0 bridgehead atoms. The highest BCUT2D eigenvalue weighted by Gasteiger charge is 2.30. The number of alkyl halides is 6. The van der Waals surface area contributed by atoms with E-state index in [4.69, 9.17) is 12.3 Å². The first-order valence-electron chi connectivity index (χ1n) is 10.8. The fourth-order valence-electron chi connectivity index (χ4n) is 2.59. The third-order valence-electron chi connectivity index (χ3n) is 4.47. The van der Waals surface area contributed by atoms with Gasteiger partial charge in [0.1, 0.15) is 6.29 Å². The van der Waals surface area contributed by atoms with Crippen molar-refractivity contribution in [3.63, 3.8) is 0 Å². The average molecular weight is 504 g/mol. The molecule has 0 saturated carbocycles. The van der Waals surface area contributed by atoms with Crippen LogP contribution in [0.1, 0.15) is 62.7 Å². The highest BCUT2D eigenvalue weighted by molar-refractivity contribution is 5.49. The Morgan fingerprint density at radius 3 is 1.66 bits per heavy atom. The molecule has 0 fully saturated rings. The van der Waals surface area contributed by atoms with E-state index in [1.54, 1.807) is 0 Å². The Balaban J connectivity index is 0.000000566. The molecule has 0 saturated heterocycles. The normalized spacial score (nSPS) is 13.6. The Morgan fingerprint density at radius 2 is 1.34 bits per heavy atom. The molecule has 35 heavy (non-hydrogen) atoms. The van der Waals surface area contributed by atoms with Crippen LogP contribution >= 0.6 is 0 Å². The van der Waals surface area contributed by atoms with Crippen molar-refractivity contribution in [2.75, 3.05) is 0 Å². The number of rotatable bonds is 8. The van der Waals surface area contributed by atoms with Gasteiger partial charge in [0.2, 0.25) is 0 Å². The SMILES string of the molecule is C[C@@H](N)c1ccccc1.O=CCCC(F)(F)F.[C-]#[N+]C(CCC(F)(F)F)N[C@H](C)c1ccccc1. The van der Waals surface area contributed by atoms with Gasteiger partial charge in [0.25, 0.3) is 6.17 Å². The first kappa shape index (κ1) is 32.1. The Morgan fingerprint density at radius 1 is 0.886 bits per heavy atom. The minimum Gasteiger partial charge on any atom is -0.324 e. The monoisotopic (exact) mass is 503 g/mol. The van der Waals surface area contributed by atoms with Crippen molar-refractivity contribution in [1.29, 1.82) is 0 Å². The smallest absolute Gasteiger partial charge is 0.324 e. The summed E-state index contributed by atoms with van der Waals surface area (Å²) >= 11 is 0. The molecule has 0 aliphatic carbocycles. The number of hydrogen-bond donors (Lipinski definition) is 2. The molecule has 10 heteroatoms. The van der Waals surface area contributed by atoms with Crippen LogP contribution in [0.15, 0.2) is 60.7 Å². The maximum absolute atomic E-state index is 12.1. The van der Waals surface area contributed by atoms with Gasteiger partial charge in [-0.15, -0.1) is 0 Å². The Bertz CT molecular complexity index is 849. The van der Waals surface area contributed by atoms with E-state index < -0.39 is 37.8 Å². The van der Waals surface area contributed by atoms with Crippen LogP contribution in [0.2, 0.25) is 0 Å². The zero-order valence-corrected chi connectivity index (χ0v) is 19.6. The van der Waals surface area contributed by atoms with Crippen LogP contribution < -0.4 is 11.1 Å². The molecule has 3 N–H and O–H groups in total. The molecule has 3 atom stereocenters. The van der Waals surface area contributed by atoms with Gasteiger partial charge in [-0.05, 0) is 25.0 Å². The molecule has 0 aliphatic rings. The summed E-state index contributed by atoms with van der Waals surface area (Å²) < 4.78 is 69.5. The highest BCUT2D eigenvalue weighted by Crippen LogP contribution is 2.23. The molecule has 2 rings (SSSR count). The van der Waals surface area contributed by atoms with Gasteiger partial charge in [-0.25, -0.2) is 11.9 Å². The molecular weight excluding hydrogens is 472 g/mol. The lowest BCUT2D eigenvalue weighted by molar-refractivity contribution is -0.139. The maximum Gasteiger partial charge on any atom is 0.389 e. The van der Waals surface area contributed by atoms with Crippen LogP contribution in [0.5, 0.6) is 0 Å². The summed E-state index contributed by atoms with van der Waals surface area (Å²) in [4.78, 5) is 12.5. The van der Waals surface area contributed by atoms with Crippen LogP contribution in [0.3, 0.4) is 0 Å². The third-order valence-corrected chi connectivity index (χ3v) is 4.47. The van der Waals surface area contributed by atoms with E-state index in [1.807, 2.05) is 74.5 Å². The minimum atomic E-state index is -4.21.